The quantitative estimate of drug-likeness (QED) is 0.428. The number of ether oxygens (including phenoxy) is 2. The van der Waals surface area contributed by atoms with Crippen LogP contribution in [0.3, 0.4) is 0 Å². The summed E-state index contributed by atoms with van der Waals surface area (Å²) in [5.41, 5.74) is 0.719. The normalized spacial score (nSPS) is 13.0. The predicted molar refractivity (Wildman–Crippen MR) is 115 cm³/mol. The third-order valence-corrected chi connectivity index (χ3v) is 6.50. The fourth-order valence-corrected chi connectivity index (χ4v) is 4.02. The highest BCUT2D eigenvalue weighted by Gasteiger charge is 2.26. The average molecular weight is 420 g/mol. The van der Waals surface area contributed by atoms with E-state index in [9.17, 15) is 9.00 Å². The van der Waals surface area contributed by atoms with Gasteiger partial charge in [-0.3, -0.25) is 0 Å². The van der Waals surface area contributed by atoms with E-state index in [1.807, 2.05) is 25.1 Å². The van der Waals surface area contributed by atoms with Gasteiger partial charge in [0.05, 0.1) is 18.4 Å². The molecule has 2 aromatic carbocycles. The molecule has 0 radical (unpaired) electrons. The molecule has 0 amide bonds. The lowest BCUT2D eigenvalue weighted by Gasteiger charge is -2.23. The van der Waals surface area contributed by atoms with E-state index >= 15 is 0 Å². The Labute approximate surface area is 173 Å². The highest BCUT2D eigenvalue weighted by Crippen LogP contribution is 2.39. The fourth-order valence-electron chi connectivity index (χ4n) is 2.64. The van der Waals surface area contributed by atoms with Crippen molar-refractivity contribution in [3.8, 4) is 11.5 Å². The summed E-state index contributed by atoms with van der Waals surface area (Å²) in [6, 6.07) is 12.1. The number of esters is 1. The molecule has 2 rings (SSSR count). The second-order valence-corrected chi connectivity index (χ2v) is 8.62. The van der Waals surface area contributed by atoms with Gasteiger partial charge in [-0.1, -0.05) is 38.5 Å². The Balaban J connectivity index is 2.70. The molecule has 8 heteroatoms. The number of benzene rings is 2. The lowest BCUT2D eigenvalue weighted by Crippen LogP contribution is -2.26. The number of para-hydroxylation sites is 1. The number of nitrogens with zero attached hydrogens (tertiary/aromatic N) is 1. The minimum Gasteiger partial charge on any atom is -0.465 e. The van der Waals surface area contributed by atoms with Crippen LogP contribution >= 0.6 is 0 Å². The molecule has 0 bridgehead atoms. The van der Waals surface area contributed by atoms with Crippen molar-refractivity contribution in [1.82, 2.24) is 4.31 Å². The molecule has 0 aliphatic heterocycles. The van der Waals surface area contributed by atoms with Gasteiger partial charge >= 0.3 is 5.97 Å². The monoisotopic (exact) mass is 419 g/mol. The highest BCUT2D eigenvalue weighted by molar-refractivity contribution is 7.90. The van der Waals surface area contributed by atoms with Crippen molar-refractivity contribution < 1.29 is 18.5 Å². The van der Waals surface area contributed by atoms with Crippen LogP contribution in [0.1, 0.15) is 37.0 Å². The molecule has 0 spiro atoms. The number of rotatable bonds is 10. The number of nitrogens with one attached hydrogen (secondary N) is 2. The summed E-state index contributed by atoms with van der Waals surface area (Å²) in [6.07, 6.45) is 1.90. The molecular weight excluding hydrogens is 390 g/mol. The van der Waals surface area contributed by atoms with Crippen LogP contribution in [0.15, 0.2) is 47.4 Å². The summed E-state index contributed by atoms with van der Waals surface area (Å²) in [5.74, 6) is 0.262. The molecule has 2 aromatic rings. The molecule has 0 heterocycles. The van der Waals surface area contributed by atoms with Crippen LogP contribution in [0, 0.1) is 4.78 Å². The van der Waals surface area contributed by atoms with Crippen molar-refractivity contribution in [2.24, 2.45) is 0 Å². The second kappa shape index (κ2) is 10.3. The third-order valence-electron chi connectivity index (χ3n) is 4.47. The van der Waals surface area contributed by atoms with E-state index in [0.717, 1.165) is 12.8 Å². The zero-order valence-corrected chi connectivity index (χ0v) is 18.2. The van der Waals surface area contributed by atoms with E-state index in [0.29, 0.717) is 24.5 Å². The maximum Gasteiger partial charge on any atom is 0.337 e. The first kappa shape index (κ1) is 22.7. The van der Waals surface area contributed by atoms with Crippen molar-refractivity contribution in [2.45, 2.75) is 31.6 Å². The van der Waals surface area contributed by atoms with Crippen molar-refractivity contribution in [1.29, 1.82) is 4.78 Å². The van der Waals surface area contributed by atoms with Gasteiger partial charge in [0.15, 0.2) is 5.75 Å². The van der Waals surface area contributed by atoms with Crippen LogP contribution in [-0.2, 0) is 14.7 Å². The highest BCUT2D eigenvalue weighted by atomic mass is 32.2. The summed E-state index contributed by atoms with van der Waals surface area (Å²) in [6.45, 7) is 4.94. The summed E-state index contributed by atoms with van der Waals surface area (Å²) in [4.78, 5) is 12.4. The smallest absolute Gasteiger partial charge is 0.337 e. The van der Waals surface area contributed by atoms with Crippen molar-refractivity contribution >= 4 is 21.6 Å². The molecule has 0 saturated heterocycles. The maximum atomic E-state index is 13.4. The zero-order chi connectivity index (χ0) is 21.4. The minimum absolute atomic E-state index is 0.132. The molecule has 158 valence electrons. The maximum absolute atomic E-state index is 13.4. The van der Waals surface area contributed by atoms with Crippen molar-refractivity contribution in [3.63, 3.8) is 0 Å². The Bertz CT molecular complexity index is 930. The molecule has 0 saturated carbocycles. The van der Waals surface area contributed by atoms with E-state index in [1.54, 1.807) is 25.2 Å². The Morgan fingerprint density at radius 1 is 1.21 bits per heavy atom. The predicted octanol–water partition coefficient (Wildman–Crippen LogP) is 4.75. The van der Waals surface area contributed by atoms with E-state index in [-0.39, 0.29) is 16.2 Å². The van der Waals surface area contributed by atoms with Gasteiger partial charge in [0.2, 0.25) is 0 Å². The molecule has 0 aliphatic carbocycles. The van der Waals surface area contributed by atoms with Crippen molar-refractivity contribution in [2.75, 3.05) is 32.6 Å². The molecule has 2 N–H and O–H groups in total. The van der Waals surface area contributed by atoms with Gasteiger partial charge in [-0.05, 0) is 30.7 Å². The zero-order valence-electron chi connectivity index (χ0n) is 17.4. The number of carbonyl (C=O) groups is 1. The Kier molecular flexibility index (Phi) is 8.04. The van der Waals surface area contributed by atoms with Crippen LogP contribution in [0.5, 0.6) is 11.5 Å². The molecule has 7 nitrogen and oxygen atoms in total. The molecule has 1 unspecified atom stereocenters. The minimum atomic E-state index is -3.40. The SMILES string of the molecule is CCCCNc1cc(C(=O)OC)cc(S(=N)(=O)N(C)CC)c1Oc1ccccc1. The summed E-state index contributed by atoms with van der Waals surface area (Å²) >= 11 is 0. The summed E-state index contributed by atoms with van der Waals surface area (Å²) < 4.78 is 34.3. The standard InChI is InChI=1S/C21H29N3O4S/c1-5-7-13-23-18-14-16(21(25)27-4)15-19(29(22,26)24(3)6-2)20(18)28-17-11-9-8-10-12-17/h8-12,14-15,22-23H,5-7,13H2,1-4H3. The van der Waals surface area contributed by atoms with Gasteiger partial charge < -0.3 is 14.8 Å². The molecular formula is C21H29N3O4S. The molecule has 0 fully saturated rings. The van der Waals surface area contributed by atoms with Crippen molar-refractivity contribution in [3.05, 3.63) is 48.0 Å². The first-order chi connectivity index (χ1) is 13.8. The number of anilines is 1. The van der Waals surface area contributed by atoms with E-state index < -0.39 is 15.9 Å². The van der Waals surface area contributed by atoms with Crippen LogP contribution in [-0.4, -0.2) is 41.7 Å². The first-order valence-electron chi connectivity index (χ1n) is 9.58. The number of hydrogen-bond acceptors (Lipinski definition) is 6. The third kappa shape index (κ3) is 5.48. The second-order valence-electron chi connectivity index (χ2n) is 6.51. The van der Waals surface area contributed by atoms with Gasteiger partial charge in [-0.15, -0.1) is 0 Å². The lowest BCUT2D eigenvalue weighted by atomic mass is 10.1. The Morgan fingerprint density at radius 2 is 1.90 bits per heavy atom. The Morgan fingerprint density at radius 3 is 2.48 bits per heavy atom. The average Bonchev–Trinajstić information content (AvgIpc) is 2.74. The van der Waals surface area contributed by atoms with Gasteiger partial charge in [-0.2, -0.15) is 0 Å². The topological polar surface area (TPSA) is 91.7 Å². The van der Waals surface area contributed by atoms with E-state index in [2.05, 4.69) is 12.2 Å². The van der Waals surface area contributed by atoms with Crippen LogP contribution in [0.25, 0.3) is 0 Å². The van der Waals surface area contributed by atoms with Gasteiger partial charge in [-0.25, -0.2) is 18.1 Å². The van der Waals surface area contributed by atoms with Crippen LogP contribution in [0.2, 0.25) is 0 Å². The summed E-state index contributed by atoms with van der Waals surface area (Å²) in [5, 5.41) is 3.26. The first-order valence-corrected chi connectivity index (χ1v) is 11.1. The number of carbonyl (C=O) groups excluding carboxylic acids is 1. The molecule has 1 atom stereocenters. The lowest BCUT2D eigenvalue weighted by molar-refractivity contribution is 0.0600. The van der Waals surface area contributed by atoms with Crippen LogP contribution in [0.4, 0.5) is 5.69 Å². The van der Waals surface area contributed by atoms with E-state index in [1.165, 1.54) is 17.5 Å². The number of methoxy groups -OCH3 is 1. The van der Waals surface area contributed by atoms with Gasteiger partial charge in [0.1, 0.15) is 20.6 Å². The fraction of sp³-hybridized carbons (Fsp3) is 0.381. The van der Waals surface area contributed by atoms with Gasteiger partial charge in [0.25, 0.3) is 0 Å². The number of hydrogen-bond donors (Lipinski definition) is 2. The molecule has 0 aromatic heterocycles. The molecule has 0 aliphatic rings. The number of unbranched alkanes of at least 4 members (excludes halogenated alkanes) is 1. The van der Waals surface area contributed by atoms with E-state index in [4.69, 9.17) is 14.3 Å². The van der Waals surface area contributed by atoms with Crippen LogP contribution < -0.4 is 10.1 Å². The summed E-state index contributed by atoms with van der Waals surface area (Å²) in [7, 11) is -0.500. The largest absolute Gasteiger partial charge is 0.465 e. The van der Waals surface area contributed by atoms with Gasteiger partial charge in [0, 0.05) is 20.1 Å². The molecule has 29 heavy (non-hydrogen) atoms. The Hall–Kier alpha value is -2.58.